The fourth-order valence-electron chi connectivity index (χ4n) is 1.93. The van der Waals surface area contributed by atoms with E-state index in [1.807, 2.05) is 24.3 Å². The van der Waals surface area contributed by atoms with Gasteiger partial charge >= 0.3 is 0 Å². The predicted molar refractivity (Wildman–Crippen MR) is 55.7 cm³/mol. The van der Waals surface area contributed by atoms with Gasteiger partial charge in [0.05, 0.1) is 0 Å². The lowest BCUT2D eigenvalue weighted by Gasteiger charge is -2.45. The molecule has 13 heavy (non-hydrogen) atoms. The second-order valence-electron chi connectivity index (χ2n) is 3.99. The fourth-order valence-corrected chi connectivity index (χ4v) is 2.06. The minimum atomic E-state index is -0.0927. The Kier molecular flexibility index (Phi) is 2.09. The molecule has 0 aliphatic heterocycles. The molecule has 1 aromatic rings. The highest BCUT2D eigenvalue weighted by Gasteiger charge is 2.41. The molecule has 0 amide bonds. The van der Waals surface area contributed by atoms with Gasteiger partial charge in [0.2, 0.25) is 0 Å². The Morgan fingerprint density at radius 3 is 2.38 bits per heavy atom. The molecule has 1 aliphatic carbocycles. The molecule has 1 nitrogen and oxygen atoms in total. The molecule has 1 saturated carbocycles. The number of hydrogen-bond acceptors (Lipinski definition) is 1. The summed E-state index contributed by atoms with van der Waals surface area (Å²) in [5.41, 5.74) is 7.40. The lowest BCUT2D eigenvalue weighted by molar-refractivity contribution is 0.145. The highest BCUT2D eigenvalue weighted by atomic mass is 35.5. The zero-order valence-corrected chi connectivity index (χ0v) is 8.51. The molecular formula is C11H14ClN. The Bertz CT molecular complexity index is 306. The molecule has 0 radical (unpaired) electrons. The van der Waals surface area contributed by atoms with Gasteiger partial charge in [-0.05, 0) is 36.5 Å². The Balaban J connectivity index is 2.30. The quantitative estimate of drug-likeness (QED) is 0.733. The monoisotopic (exact) mass is 195 g/mol. The van der Waals surface area contributed by atoms with E-state index in [1.54, 1.807) is 0 Å². The van der Waals surface area contributed by atoms with E-state index in [4.69, 9.17) is 17.3 Å². The van der Waals surface area contributed by atoms with E-state index in [9.17, 15) is 0 Å². The molecule has 70 valence electrons. The van der Waals surface area contributed by atoms with Gasteiger partial charge in [0.1, 0.15) is 0 Å². The van der Waals surface area contributed by atoms with Crippen LogP contribution in [0.15, 0.2) is 24.3 Å². The Hall–Kier alpha value is -0.530. The molecule has 2 heteroatoms. The van der Waals surface area contributed by atoms with Crippen LogP contribution in [0.5, 0.6) is 0 Å². The highest BCUT2D eigenvalue weighted by Crippen LogP contribution is 2.44. The average Bonchev–Trinajstić information content (AvgIpc) is 2.15. The van der Waals surface area contributed by atoms with Gasteiger partial charge in [-0.25, -0.2) is 0 Å². The summed E-state index contributed by atoms with van der Waals surface area (Å²) < 4.78 is 0. The van der Waals surface area contributed by atoms with E-state index in [-0.39, 0.29) is 5.54 Å². The number of halogens is 1. The molecule has 2 unspecified atom stereocenters. The van der Waals surface area contributed by atoms with Crippen molar-refractivity contribution < 1.29 is 0 Å². The number of nitrogens with two attached hydrogens (primary N) is 1. The van der Waals surface area contributed by atoms with Crippen molar-refractivity contribution in [2.45, 2.75) is 25.3 Å². The number of rotatable bonds is 1. The van der Waals surface area contributed by atoms with E-state index in [2.05, 4.69) is 6.92 Å². The standard InChI is InChI=1S/C11H14ClN/c1-8-6-7-11(8,13)9-2-4-10(12)5-3-9/h2-5,8H,6-7,13H2,1H3. The summed E-state index contributed by atoms with van der Waals surface area (Å²) in [4.78, 5) is 0. The highest BCUT2D eigenvalue weighted by molar-refractivity contribution is 6.30. The maximum atomic E-state index is 6.27. The van der Waals surface area contributed by atoms with Crippen LogP contribution in [-0.2, 0) is 5.54 Å². The van der Waals surface area contributed by atoms with E-state index in [0.29, 0.717) is 5.92 Å². The first-order chi connectivity index (χ1) is 6.13. The van der Waals surface area contributed by atoms with Crippen LogP contribution in [0, 0.1) is 5.92 Å². The summed E-state index contributed by atoms with van der Waals surface area (Å²) in [6, 6.07) is 7.91. The first kappa shape index (κ1) is 9.04. The van der Waals surface area contributed by atoms with E-state index in [1.165, 1.54) is 12.0 Å². The second kappa shape index (κ2) is 3.00. The molecule has 0 bridgehead atoms. The summed E-state index contributed by atoms with van der Waals surface area (Å²) in [6.07, 6.45) is 2.33. The summed E-state index contributed by atoms with van der Waals surface area (Å²) in [7, 11) is 0. The SMILES string of the molecule is CC1CCC1(N)c1ccc(Cl)cc1. The van der Waals surface area contributed by atoms with Crippen LogP contribution in [0.4, 0.5) is 0 Å². The van der Waals surface area contributed by atoms with Crippen molar-refractivity contribution in [3.8, 4) is 0 Å². The first-order valence-electron chi connectivity index (χ1n) is 4.68. The van der Waals surface area contributed by atoms with Gasteiger partial charge < -0.3 is 5.73 Å². The van der Waals surface area contributed by atoms with Crippen molar-refractivity contribution in [3.63, 3.8) is 0 Å². The third-order valence-corrected chi connectivity index (χ3v) is 3.50. The lowest BCUT2D eigenvalue weighted by Crippen LogP contribution is -2.50. The average molecular weight is 196 g/mol. The van der Waals surface area contributed by atoms with Gasteiger partial charge in [0.25, 0.3) is 0 Å². The van der Waals surface area contributed by atoms with E-state index < -0.39 is 0 Å². The lowest BCUT2D eigenvalue weighted by atomic mass is 9.65. The predicted octanol–water partition coefficient (Wildman–Crippen LogP) is 2.92. The van der Waals surface area contributed by atoms with Crippen molar-refractivity contribution in [3.05, 3.63) is 34.9 Å². The molecule has 0 saturated heterocycles. The summed E-state index contributed by atoms with van der Waals surface area (Å²) in [5, 5.41) is 0.777. The molecule has 1 aromatic carbocycles. The molecular weight excluding hydrogens is 182 g/mol. The fraction of sp³-hybridized carbons (Fsp3) is 0.455. The van der Waals surface area contributed by atoms with Gasteiger partial charge in [-0.3, -0.25) is 0 Å². The maximum absolute atomic E-state index is 6.27. The molecule has 2 rings (SSSR count). The Morgan fingerprint density at radius 1 is 1.38 bits per heavy atom. The third-order valence-electron chi connectivity index (χ3n) is 3.25. The zero-order valence-electron chi connectivity index (χ0n) is 7.76. The maximum Gasteiger partial charge on any atom is 0.0435 e. The van der Waals surface area contributed by atoms with E-state index in [0.717, 1.165) is 11.4 Å². The number of hydrogen-bond donors (Lipinski definition) is 1. The molecule has 2 N–H and O–H groups in total. The Morgan fingerprint density at radius 2 is 2.00 bits per heavy atom. The molecule has 0 heterocycles. The largest absolute Gasteiger partial charge is 0.321 e. The summed E-state index contributed by atoms with van der Waals surface area (Å²) >= 11 is 5.82. The van der Waals surface area contributed by atoms with Gasteiger partial charge in [-0.15, -0.1) is 0 Å². The van der Waals surface area contributed by atoms with Crippen LogP contribution in [0.2, 0.25) is 5.02 Å². The summed E-state index contributed by atoms with van der Waals surface area (Å²) in [5.74, 6) is 0.591. The second-order valence-corrected chi connectivity index (χ2v) is 4.42. The van der Waals surface area contributed by atoms with Gasteiger partial charge in [-0.2, -0.15) is 0 Å². The van der Waals surface area contributed by atoms with Crippen LogP contribution < -0.4 is 5.73 Å². The molecule has 1 aliphatic rings. The minimum Gasteiger partial charge on any atom is -0.321 e. The van der Waals surface area contributed by atoms with Gasteiger partial charge in [-0.1, -0.05) is 30.7 Å². The van der Waals surface area contributed by atoms with Crippen molar-refractivity contribution in [2.75, 3.05) is 0 Å². The van der Waals surface area contributed by atoms with Crippen molar-refractivity contribution in [1.29, 1.82) is 0 Å². The summed E-state index contributed by atoms with van der Waals surface area (Å²) in [6.45, 7) is 2.21. The van der Waals surface area contributed by atoms with Gasteiger partial charge in [0.15, 0.2) is 0 Å². The van der Waals surface area contributed by atoms with Crippen LogP contribution in [0.25, 0.3) is 0 Å². The van der Waals surface area contributed by atoms with Crippen molar-refractivity contribution >= 4 is 11.6 Å². The molecule has 0 spiro atoms. The van der Waals surface area contributed by atoms with Crippen LogP contribution >= 0.6 is 11.6 Å². The molecule has 2 atom stereocenters. The Labute approximate surface area is 83.9 Å². The van der Waals surface area contributed by atoms with Crippen LogP contribution in [0.1, 0.15) is 25.3 Å². The number of benzene rings is 1. The molecule has 1 fully saturated rings. The van der Waals surface area contributed by atoms with Crippen molar-refractivity contribution in [1.82, 2.24) is 0 Å². The van der Waals surface area contributed by atoms with Crippen LogP contribution in [-0.4, -0.2) is 0 Å². The zero-order chi connectivity index (χ0) is 9.47. The molecule has 0 aromatic heterocycles. The third kappa shape index (κ3) is 1.36. The van der Waals surface area contributed by atoms with Crippen LogP contribution in [0.3, 0.4) is 0 Å². The smallest absolute Gasteiger partial charge is 0.0435 e. The van der Waals surface area contributed by atoms with Gasteiger partial charge in [0, 0.05) is 10.6 Å². The topological polar surface area (TPSA) is 26.0 Å². The van der Waals surface area contributed by atoms with Crippen molar-refractivity contribution in [2.24, 2.45) is 11.7 Å². The minimum absolute atomic E-state index is 0.0927. The van der Waals surface area contributed by atoms with E-state index >= 15 is 0 Å². The first-order valence-corrected chi connectivity index (χ1v) is 5.05. The normalized spacial score (nSPS) is 32.7.